The smallest absolute Gasteiger partial charge is 0.329 e. The van der Waals surface area contributed by atoms with E-state index in [-0.39, 0.29) is 52.9 Å². The summed E-state index contributed by atoms with van der Waals surface area (Å²) in [7, 11) is 1.70. The van der Waals surface area contributed by atoms with Crippen molar-refractivity contribution in [3.05, 3.63) is 127 Å². The molecule has 4 N–H and O–H groups in total. The van der Waals surface area contributed by atoms with Gasteiger partial charge in [0.1, 0.15) is 17.3 Å². The number of carbonyl (C=O) groups is 5. The fourth-order valence-electron chi connectivity index (χ4n) is 12.0. The van der Waals surface area contributed by atoms with Crippen LogP contribution in [-0.4, -0.2) is 81.0 Å². The molecule has 5 aromatic rings. The molecule has 68 heavy (non-hydrogen) atoms. The number of imidazole rings is 1. The predicted octanol–water partition coefficient (Wildman–Crippen LogP) is 7.30. The van der Waals surface area contributed by atoms with Crippen LogP contribution in [0.5, 0.6) is 0 Å². The van der Waals surface area contributed by atoms with Gasteiger partial charge in [0, 0.05) is 66.6 Å². The number of hydrogen-bond acceptors (Lipinski definition) is 8. The van der Waals surface area contributed by atoms with Gasteiger partial charge >= 0.3 is 5.69 Å². The second-order valence-electron chi connectivity index (χ2n) is 18.8. The lowest BCUT2D eigenvalue weighted by Crippen LogP contribution is -2.60. The topological polar surface area (TPSA) is 173 Å². The Morgan fingerprint density at radius 2 is 1.65 bits per heavy atom. The van der Waals surface area contributed by atoms with E-state index in [0.29, 0.717) is 91.3 Å². The summed E-state index contributed by atoms with van der Waals surface area (Å²) in [6.07, 6.45) is 6.92. The first kappa shape index (κ1) is 45.9. The molecule has 1 unspecified atom stereocenters. The van der Waals surface area contributed by atoms with Crippen LogP contribution in [0.2, 0.25) is 10.0 Å². The Bertz CT molecular complexity index is 2920. The molecule has 1 saturated carbocycles. The molecule has 354 valence electrons. The number of halogens is 3. The molecular weight excluding hydrogens is 913 g/mol. The van der Waals surface area contributed by atoms with Crippen LogP contribution in [0.3, 0.4) is 0 Å². The number of nitrogens with zero attached hydrogens (tertiary/aromatic N) is 3. The van der Waals surface area contributed by atoms with Gasteiger partial charge in [-0.05, 0) is 110 Å². The van der Waals surface area contributed by atoms with Gasteiger partial charge in [-0.15, -0.1) is 0 Å². The van der Waals surface area contributed by atoms with Crippen molar-refractivity contribution < 1.29 is 33.1 Å². The molecular formula is C51H52Cl2FN7O7. The van der Waals surface area contributed by atoms with Crippen LogP contribution in [0.4, 0.5) is 15.8 Å². The zero-order valence-electron chi connectivity index (χ0n) is 37.5. The number of piperidine rings is 2. The average Bonchev–Trinajstić information content (AvgIpc) is 3.89. The fourth-order valence-corrected chi connectivity index (χ4v) is 12.4. The van der Waals surface area contributed by atoms with E-state index < -0.39 is 46.6 Å². The molecule has 5 amide bonds. The van der Waals surface area contributed by atoms with Crippen molar-refractivity contribution in [3.8, 4) is 0 Å². The van der Waals surface area contributed by atoms with Gasteiger partial charge < -0.3 is 20.3 Å². The Morgan fingerprint density at radius 1 is 0.897 bits per heavy atom. The number of para-hydroxylation sites is 1. The first-order valence-corrected chi connectivity index (χ1v) is 24.2. The first-order valence-electron chi connectivity index (χ1n) is 23.5. The highest BCUT2D eigenvalue weighted by atomic mass is 35.5. The molecule has 1 aromatic heterocycles. The number of likely N-dealkylation sites (tertiary alicyclic amines) is 1. The van der Waals surface area contributed by atoms with E-state index in [2.05, 4.69) is 21.3 Å². The number of aryl methyl sites for hydroxylation is 2. The molecule has 14 nitrogen and oxygen atoms in total. The number of fused-ring (bicyclic) bond motifs is 4. The van der Waals surface area contributed by atoms with E-state index in [1.807, 2.05) is 24.3 Å². The summed E-state index contributed by atoms with van der Waals surface area (Å²) in [4.78, 5) is 82.6. The summed E-state index contributed by atoms with van der Waals surface area (Å²) < 4.78 is 25.6. The summed E-state index contributed by atoms with van der Waals surface area (Å²) >= 11 is 12.8. The lowest BCUT2D eigenvalue weighted by Gasteiger charge is -2.47. The van der Waals surface area contributed by atoms with Crippen molar-refractivity contribution in [1.29, 1.82) is 0 Å². The predicted molar refractivity (Wildman–Crippen MR) is 256 cm³/mol. The third kappa shape index (κ3) is 7.71. The number of imide groups is 1. The molecule has 4 fully saturated rings. The monoisotopic (exact) mass is 963 g/mol. The van der Waals surface area contributed by atoms with E-state index in [9.17, 15) is 28.8 Å². The van der Waals surface area contributed by atoms with E-state index in [1.54, 1.807) is 65.0 Å². The molecule has 0 bridgehead atoms. The average molecular weight is 965 g/mol. The maximum Gasteiger partial charge on any atom is 0.329 e. The molecule has 5 heterocycles. The third-order valence-electron chi connectivity index (χ3n) is 15.1. The van der Waals surface area contributed by atoms with Crippen LogP contribution in [-0.2, 0) is 42.8 Å². The van der Waals surface area contributed by atoms with Gasteiger partial charge in [-0.25, -0.2) is 9.18 Å². The molecule has 17 heteroatoms. The Morgan fingerprint density at radius 3 is 2.40 bits per heavy atom. The van der Waals surface area contributed by atoms with Crippen LogP contribution < -0.4 is 27.0 Å². The summed E-state index contributed by atoms with van der Waals surface area (Å²) in [5.74, 6) is -3.35. The molecule has 10 rings (SSSR count). The number of rotatable bonds is 10. The summed E-state index contributed by atoms with van der Waals surface area (Å²) in [5.41, 5.74) is 2.13. The molecule has 4 aromatic carbocycles. The van der Waals surface area contributed by atoms with Gasteiger partial charge in [0.15, 0.2) is 0 Å². The zero-order chi connectivity index (χ0) is 47.5. The summed E-state index contributed by atoms with van der Waals surface area (Å²) in [6, 6.07) is 20.6. The van der Waals surface area contributed by atoms with E-state index >= 15 is 4.39 Å². The van der Waals surface area contributed by atoms with E-state index in [0.717, 1.165) is 30.3 Å². The van der Waals surface area contributed by atoms with Crippen molar-refractivity contribution in [2.75, 3.05) is 30.3 Å². The molecule has 5 aliphatic rings. The number of hydrogen-bond donors (Lipinski definition) is 4. The highest BCUT2D eigenvalue weighted by Crippen LogP contribution is 2.63. The quantitative estimate of drug-likeness (QED) is 0.0834. The van der Waals surface area contributed by atoms with Crippen molar-refractivity contribution in [2.45, 2.75) is 106 Å². The van der Waals surface area contributed by atoms with E-state index in [1.165, 1.54) is 10.6 Å². The Kier molecular flexibility index (Phi) is 12.3. The Balaban J connectivity index is 0.780. The van der Waals surface area contributed by atoms with Gasteiger partial charge in [-0.1, -0.05) is 72.8 Å². The van der Waals surface area contributed by atoms with Crippen molar-refractivity contribution >= 4 is 75.1 Å². The number of ether oxygens (including phenoxy) is 1. The second kappa shape index (κ2) is 18.2. The number of carbonyl (C=O) groups excluding carboxylic acids is 5. The minimum absolute atomic E-state index is 0.0210. The van der Waals surface area contributed by atoms with Gasteiger partial charge in [0.05, 0.1) is 28.2 Å². The number of aromatic nitrogens is 2. The molecule has 1 aliphatic carbocycles. The minimum atomic E-state index is -1.36. The van der Waals surface area contributed by atoms with Crippen LogP contribution >= 0.6 is 23.2 Å². The number of benzene rings is 4. The highest BCUT2D eigenvalue weighted by Gasteiger charge is 2.72. The molecule has 2 spiro atoms. The number of amides is 5. The van der Waals surface area contributed by atoms with Gasteiger partial charge in [-0.2, -0.15) is 0 Å². The van der Waals surface area contributed by atoms with Crippen LogP contribution in [0.1, 0.15) is 103 Å². The maximum absolute atomic E-state index is 16.3. The highest BCUT2D eigenvalue weighted by molar-refractivity contribution is 6.31. The largest absolute Gasteiger partial charge is 0.378 e. The second-order valence-corrected chi connectivity index (χ2v) is 19.7. The lowest BCUT2D eigenvalue weighted by molar-refractivity contribution is -0.135. The maximum atomic E-state index is 16.3. The zero-order valence-corrected chi connectivity index (χ0v) is 39.1. The Labute approximate surface area is 401 Å². The third-order valence-corrected chi connectivity index (χ3v) is 15.6. The van der Waals surface area contributed by atoms with Crippen molar-refractivity contribution in [2.24, 2.45) is 7.05 Å². The number of anilines is 2. The van der Waals surface area contributed by atoms with Gasteiger partial charge in [0.2, 0.25) is 23.6 Å². The van der Waals surface area contributed by atoms with Crippen LogP contribution in [0, 0.1) is 5.82 Å². The van der Waals surface area contributed by atoms with Gasteiger partial charge in [0.25, 0.3) is 5.91 Å². The normalized spacial score (nSPS) is 23.6. The molecule has 0 radical (unpaired) electrons. The lowest BCUT2D eigenvalue weighted by atomic mass is 9.55. The first-order chi connectivity index (χ1) is 32.8. The minimum Gasteiger partial charge on any atom is -0.378 e. The summed E-state index contributed by atoms with van der Waals surface area (Å²) in [5, 5.41) is 12.4. The van der Waals surface area contributed by atoms with Crippen LogP contribution in [0.25, 0.3) is 11.0 Å². The molecule has 4 atom stereocenters. The molecule has 3 saturated heterocycles. The van der Waals surface area contributed by atoms with E-state index in [4.69, 9.17) is 27.9 Å². The van der Waals surface area contributed by atoms with Gasteiger partial charge in [-0.3, -0.25) is 43.7 Å². The Hall–Kier alpha value is -5.87. The van der Waals surface area contributed by atoms with Crippen molar-refractivity contribution in [1.82, 2.24) is 24.7 Å². The fraction of sp³-hybridized carbons (Fsp3) is 0.412. The van der Waals surface area contributed by atoms with Crippen LogP contribution in [0.15, 0.2) is 83.7 Å². The van der Waals surface area contributed by atoms with Crippen molar-refractivity contribution in [3.63, 3.8) is 0 Å². The standard InChI is InChI=1S/C51H52Cl2FN7O7/c1-59-44-29(8-5-12-38(44)61(49(59)67)39-19-20-40(62)57-45(39)63)9-7-27-68-33-21-25-60(26-22-33)47(65)30-13-16-32(17-14-30)55-46(64)43-41(34-10-6-11-36(53)42(34)54)51(50(58-43)23-3-2-4-24-50)35-18-15-31(52)28-37(35)56-48(51)66/h5-6,8,10-18,28,33,39,41,43,58H,2-4,7,9,19-27H2,1H3,(H,55,64)(H,56,66)(H,57,62,63)/t39?,41-,43+,51+/m0/s1. The number of nitrogens with one attached hydrogen (secondary N) is 4. The summed E-state index contributed by atoms with van der Waals surface area (Å²) in [6.45, 7) is 1.52. The molecule has 4 aliphatic heterocycles. The SMILES string of the molecule is Cn1c(=O)n(C2CCC(=O)NC2=O)c2cccc(CCCOC3CCN(C(=O)c4ccc(NC(=O)[C@@H]5NC6(CCCCC6)[C@@]6(C(=O)Nc7cc(Cl)ccc76)[C@H]5c5cccc(Cl)c5F)cc4)CC3)c21.